The standard InChI is InChI=1S/C16H22N2O4/c1-17-14(19)13-5-3-12(4-6-13)11-18(2)15(20)16(21)7-9-22-10-8-16/h3-6,21H,7-11H2,1-2H3,(H,17,19). The third-order valence-corrected chi connectivity index (χ3v) is 3.93. The maximum atomic E-state index is 12.4. The summed E-state index contributed by atoms with van der Waals surface area (Å²) in [5.74, 6) is -0.432. The van der Waals surface area contributed by atoms with E-state index < -0.39 is 5.60 Å². The lowest BCUT2D eigenvalue weighted by atomic mass is 9.92. The first-order valence-corrected chi connectivity index (χ1v) is 7.33. The Morgan fingerprint density at radius 3 is 2.41 bits per heavy atom. The quantitative estimate of drug-likeness (QED) is 0.851. The van der Waals surface area contributed by atoms with Gasteiger partial charge < -0.3 is 20.1 Å². The van der Waals surface area contributed by atoms with Gasteiger partial charge in [-0.3, -0.25) is 9.59 Å². The Kier molecular flexibility index (Phi) is 5.15. The van der Waals surface area contributed by atoms with Crippen LogP contribution in [-0.2, 0) is 16.1 Å². The maximum Gasteiger partial charge on any atom is 0.254 e. The highest BCUT2D eigenvalue weighted by Gasteiger charge is 2.39. The first-order chi connectivity index (χ1) is 10.5. The summed E-state index contributed by atoms with van der Waals surface area (Å²) in [6.45, 7) is 1.18. The van der Waals surface area contributed by atoms with Gasteiger partial charge in [-0.15, -0.1) is 0 Å². The Hall–Kier alpha value is -1.92. The van der Waals surface area contributed by atoms with Crippen LogP contribution < -0.4 is 5.32 Å². The molecular formula is C16H22N2O4. The van der Waals surface area contributed by atoms with Crippen molar-refractivity contribution in [2.24, 2.45) is 0 Å². The van der Waals surface area contributed by atoms with Crippen LogP contribution in [0.5, 0.6) is 0 Å². The smallest absolute Gasteiger partial charge is 0.254 e. The van der Waals surface area contributed by atoms with Gasteiger partial charge in [0.25, 0.3) is 11.8 Å². The molecule has 1 fully saturated rings. The zero-order valence-electron chi connectivity index (χ0n) is 13.0. The third-order valence-electron chi connectivity index (χ3n) is 3.93. The van der Waals surface area contributed by atoms with Crippen LogP contribution in [0.15, 0.2) is 24.3 Å². The minimum absolute atomic E-state index is 0.146. The monoisotopic (exact) mass is 306 g/mol. The van der Waals surface area contributed by atoms with Crippen LogP contribution in [0, 0.1) is 0 Å². The molecule has 1 heterocycles. The summed E-state index contributed by atoms with van der Waals surface area (Å²) in [5.41, 5.74) is 0.150. The van der Waals surface area contributed by atoms with Crippen molar-refractivity contribution in [1.82, 2.24) is 10.2 Å². The molecule has 0 bridgehead atoms. The number of aliphatic hydroxyl groups is 1. The van der Waals surface area contributed by atoms with Crippen LogP contribution in [0.2, 0.25) is 0 Å². The lowest BCUT2D eigenvalue weighted by Crippen LogP contribution is -2.50. The van der Waals surface area contributed by atoms with Crippen molar-refractivity contribution in [3.05, 3.63) is 35.4 Å². The molecule has 6 nitrogen and oxygen atoms in total. The first-order valence-electron chi connectivity index (χ1n) is 7.33. The summed E-state index contributed by atoms with van der Waals surface area (Å²) in [6, 6.07) is 7.05. The number of hydrogen-bond acceptors (Lipinski definition) is 4. The van der Waals surface area contributed by atoms with Gasteiger partial charge in [0, 0.05) is 52.3 Å². The molecule has 1 aromatic rings. The highest BCUT2D eigenvalue weighted by Crippen LogP contribution is 2.23. The summed E-state index contributed by atoms with van der Waals surface area (Å²) in [4.78, 5) is 25.4. The van der Waals surface area contributed by atoms with Crippen molar-refractivity contribution in [3.63, 3.8) is 0 Å². The van der Waals surface area contributed by atoms with Crippen LogP contribution in [0.25, 0.3) is 0 Å². The van der Waals surface area contributed by atoms with Crippen molar-refractivity contribution < 1.29 is 19.4 Å². The van der Waals surface area contributed by atoms with E-state index in [1.54, 1.807) is 26.2 Å². The summed E-state index contributed by atoms with van der Waals surface area (Å²) < 4.78 is 5.19. The zero-order valence-corrected chi connectivity index (χ0v) is 13.0. The number of nitrogens with zero attached hydrogens (tertiary/aromatic N) is 1. The molecule has 1 aliphatic rings. The second kappa shape index (κ2) is 6.89. The fraction of sp³-hybridized carbons (Fsp3) is 0.500. The molecule has 6 heteroatoms. The van der Waals surface area contributed by atoms with Gasteiger partial charge in [0.15, 0.2) is 0 Å². The SMILES string of the molecule is CNC(=O)c1ccc(CN(C)C(=O)C2(O)CCOCC2)cc1. The molecule has 1 saturated heterocycles. The average Bonchev–Trinajstić information content (AvgIpc) is 2.54. The Balaban J connectivity index is 2.00. The summed E-state index contributed by atoms with van der Waals surface area (Å²) in [7, 11) is 3.25. The molecular weight excluding hydrogens is 284 g/mol. The van der Waals surface area contributed by atoms with Crippen molar-refractivity contribution >= 4 is 11.8 Å². The predicted molar refractivity (Wildman–Crippen MR) is 81.3 cm³/mol. The molecule has 0 atom stereocenters. The van der Waals surface area contributed by atoms with E-state index in [-0.39, 0.29) is 11.8 Å². The zero-order chi connectivity index (χ0) is 16.2. The highest BCUT2D eigenvalue weighted by atomic mass is 16.5. The average molecular weight is 306 g/mol. The molecule has 0 radical (unpaired) electrons. The molecule has 2 amide bonds. The summed E-state index contributed by atoms with van der Waals surface area (Å²) >= 11 is 0. The van der Waals surface area contributed by atoms with E-state index in [2.05, 4.69) is 5.32 Å². The van der Waals surface area contributed by atoms with Gasteiger partial charge in [0.2, 0.25) is 0 Å². The molecule has 0 spiro atoms. The van der Waals surface area contributed by atoms with E-state index >= 15 is 0 Å². The molecule has 2 rings (SSSR count). The Bertz CT molecular complexity index is 536. The van der Waals surface area contributed by atoms with E-state index in [1.807, 2.05) is 12.1 Å². The lowest BCUT2D eigenvalue weighted by molar-refractivity contribution is -0.160. The van der Waals surface area contributed by atoms with Crippen LogP contribution in [-0.4, -0.2) is 54.7 Å². The second-order valence-electron chi connectivity index (χ2n) is 5.58. The number of amides is 2. The summed E-state index contributed by atoms with van der Waals surface area (Å²) in [5, 5.41) is 13.0. The second-order valence-corrected chi connectivity index (χ2v) is 5.58. The third kappa shape index (κ3) is 3.64. The van der Waals surface area contributed by atoms with Crippen molar-refractivity contribution in [3.8, 4) is 0 Å². The Labute approximate surface area is 130 Å². The number of nitrogens with one attached hydrogen (secondary N) is 1. The Morgan fingerprint density at radius 2 is 1.86 bits per heavy atom. The molecule has 2 N–H and O–H groups in total. The van der Waals surface area contributed by atoms with E-state index in [9.17, 15) is 14.7 Å². The first kappa shape index (κ1) is 16.5. The molecule has 1 aromatic carbocycles. The number of carbonyl (C=O) groups is 2. The number of likely N-dealkylation sites (N-methyl/N-ethyl adjacent to an activating group) is 1. The Morgan fingerprint density at radius 1 is 1.27 bits per heavy atom. The largest absolute Gasteiger partial charge is 0.381 e. The van der Waals surface area contributed by atoms with Crippen LogP contribution >= 0.6 is 0 Å². The minimum Gasteiger partial charge on any atom is -0.381 e. The fourth-order valence-electron chi connectivity index (χ4n) is 2.53. The van der Waals surface area contributed by atoms with Crippen molar-refractivity contribution in [2.75, 3.05) is 27.3 Å². The van der Waals surface area contributed by atoms with Gasteiger partial charge in [-0.1, -0.05) is 12.1 Å². The van der Waals surface area contributed by atoms with Crippen LogP contribution in [0.3, 0.4) is 0 Å². The molecule has 1 aliphatic heterocycles. The van der Waals surface area contributed by atoms with Crippen LogP contribution in [0.4, 0.5) is 0 Å². The van der Waals surface area contributed by atoms with Gasteiger partial charge in [-0.25, -0.2) is 0 Å². The highest BCUT2D eigenvalue weighted by molar-refractivity contribution is 5.94. The van der Waals surface area contributed by atoms with Gasteiger partial charge in [-0.05, 0) is 17.7 Å². The van der Waals surface area contributed by atoms with Crippen molar-refractivity contribution in [2.45, 2.75) is 25.0 Å². The van der Waals surface area contributed by atoms with E-state index in [0.717, 1.165) is 5.56 Å². The number of ether oxygens (including phenoxy) is 1. The van der Waals surface area contributed by atoms with Crippen LogP contribution in [0.1, 0.15) is 28.8 Å². The number of carbonyl (C=O) groups excluding carboxylic acids is 2. The van der Waals surface area contributed by atoms with E-state index in [0.29, 0.717) is 38.2 Å². The molecule has 22 heavy (non-hydrogen) atoms. The maximum absolute atomic E-state index is 12.4. The lowest BCUT2D eigenvalue weighted by Gasteiger charge is -2.34. The normalized spacial score (nSPS) is 16.9. The van der Waals surface area contributed by atoms with Gasteiger partial charge in [0.1, 0.15) is 5.60 Å². The minimum atomic E-state index is -1.32. The topological polar surface area (TPSA) is 78.9 Å². The molecule has 0 aliphatic carbocycles. The molecule has 0 unspecified atom stereocenters. The van der Waals surface area contributed by atoms with Gasteiger partial charge in [0.05, 0.1) is 0 Å². The van der Waals surface area contributed by atoms with Gasteiger partial charge >= 0.3 is 0 Å². The van der Waals surface area contributed by atoms with Crippen molar-refractivity contribution in [1.29, 1.82) is 0 Å². The van der Waals surface area contributed by atoms with Gasteiger partial charge in [-0.2, -0.15) is 0 Å². The fourth-order valence-corrected chi connectivity index (χ4v) is 2.53. The molecule has 0 aromatic heterocycles. The number of hydrogen-bond donors (Lipinski definition) is 2. The van der Waals surface area contributed by atoms with E-state index in [1.165, 1.54) is 4.90 Å². The predicted octanol–water partition coefficient (Wildman–Crippen LogP) is 0.546. The molecule has 120 valence electrons. The number of benzene rings is 1. The number of rotatable bonds is 4. The molecule has 0 saturated carbocycles. The van der Waals surface area contributed by atoms with E-state index in [4.69, 9.17) is 4.74 Å². The summed E-state index contributed by atoms with van der Waals surface area (Å²) in [6.07, 6.45) is 0.650.